The average Bonchev–Trinajstić information content (AvgIpc) is 2.36. The summed E-state index contributed by atoms with van der Waals surface area (Å²) in [5, 5.41) is 1.56. The van der Waals surface area contributed by atoms with Crippen molar-refractivity contribution < 1.29 is 4.74 Å². The third-order valence-electron chi connectivity index (χ3n) is 2.18. The molecule has 0 saturated heterocycles. The molecule has 0 atom stereocenters. The molecule has 100 valence electrons. The quantitative estimate of drug-likeness (QED) is 0.496. The largest absolute Gasteiger partial charge is 0.452 e. The Hall–Kier alpha value is -0.0200. The van der Waals surface area contributed by atoms with Crippen molar-refractivity contribution in [3.05, 3.63) is 54.4 Å². The standard InChI is InChI=1S/C12H4Cl6O/c13-5-1-2-6(14)9(3-5)19-12-10(17)7(15)4-8(16)11(12)18/h1-4H. The molecule has 0 aliphatic rings. The summed E-state index contributed by atoms with van der Waals surface area (Å²) in [6.07, 6.45) is 0. The van der Waals surface area contributed by atoms with Crippen molar-refractivity contribution in [2.24, 2.45) is 0 Å². The van der Waals surface area contributed by atoms with Crippen molar-refractivity contribution in [1.29, 1.82) is 0 Å². The molecule has 2 rings (SSSR count). The summed E-state index contributed by atoms with van der Waals surface area (Å²) in [5.41, 5.74) is 0. The van der Waals surface area contributed by atoms with Crippen LogP contribution >= 0.6 is 69.6 Å². The second-order valence-electron chi connectivity index (χ2n) is 3.47. The fourth-order valence-electron chi connectivity index (χ4n) is 1.31. The molecule has 2 aromatic carbocycles. The first-order chi connectivity index (χ1) is 8.90. The SMILES string of the molecule is Clc1ccc(Cl)c(Oc2c(Cl)c(Cl)cc(Cl)c2Cl)c1. The molecule has 0 heterocycles. The van der Waals surface area contributed by atoms with Crippen LogP contribution in [0.25, 0.3) is 0 Å². The third-order valence-corrected chi connectivity index (χ3v) is 4.26. The van der Waals surface area contributed by atoms with E-state index in [1.54, 1.807) is 12.1 Å². The zero-order valence-corrected chi connectivity index (χ0v) is 13.5. The predicted molar refractivity (Wildman–Crippen MR) is 83.0 cm³/mol. The third kappa shape index (κ3) is 3.36. The number of rotatable bonds is 2. The molecule has 0 fully saturated rings. The van der Waals surface area contributed by atoms with Crippen molar-refractivity contribution in [3.63, 3.8) is 0 Å². The van der Waals surface area contributed by atoms with Gasteiger partial charge >= 0.3 is 0 Å². The molecule has 0 N–H and O–H groups in total. The van der Waals surface area contributed by atoms with E-state index in [-0.39, 0.29) is 25.8 Å². The van der Waals surface area contributed by atoms with E-state index in [9.17, 15) is 0 Å². The van der Waals surface area contributed by atoms with Gasteiger partial charge in [0.25, 0.3) is 0 Å². The Morgan fingerprint density at radius 3 is 1.84 bits per heavy atom. The van der Waals surface area contributed by atoms with Crippen LogP contribution in [0.5, 0.6) is 11.5 Å². The molecule has 0 saturated carbocycles. The van der Waals surface area contributed by atoms with E-state index in [4.69, 9.17) is 74.3 Å². The van der Waals surface area contributed by atoms with E-state index < -0.39 is 0 Å². The van der Waals surface area contributed by atoms with Gasteiger partial charge in [0.1, 0.15) is 15.8 Å². The number of hydrogen-bond acceptors (Lipinski definition) is 1. The lowest BCUT2D eigenvalue weighted by Gasteiger charge is -2.13. The van der Waals surface area contributed by atoms with Gasteiger partial charge in [-0.05, 0) is 18.2 Å². The second kappa shape index (κ2) is 6.17. The van der Waals surface area contributed by atoms with Crippen molar-refractivity contribution in [1.82, 2.24) is 0 Å². The zero-order valence-electron chi connectivity index (χ0n) is 8.99. The normalized spacial score (nSPS) is 10.6. The molecular formula is C12H4Cl6O. The van der Waals surface area contributed by atoms with Crippen LogP contribution < -0.4 is 4.74 Å². The minimum absolute atomic E-state index is 0.130. The summed E-state index contributed by atoms with van der Waals surface area (Å²) in [6, 6.07) is 6.18. The maximum Gasteiger partial charge on any atom is 0.167 e. The van der Waals surface area contributed by atoms with Crippen LogP contribution in [0, 0.1) is 0 Å². The van der Waals surface area contributed by atoms with Gasteiger partial charge in [0.2, 0.25) is 0 Å². The van der Waals surface area contributed by atoms with E-state index in [0.29, 0.717) is 15.8 Å². The molecule has 1 nitrogen and oxygen atoms in total. The number of benzene rings is 2. The van der Waals surface area contributed by atoms with Crippen LogP contribution in [-0.4, -0.2) is 0 Å². The van der Waals surface area contributed by atoms with Gasteiger partial charge < -0.3 is 4.74 Å². The number of halogens is 6. The molecule has 0 unspecified atom stereocenters. The van der Waals surface area contributed by atoms with Gasteiger partial charge in [0.05, 0.1) is 15.1 Å². The first-order valence-electron chi connectivity index (χ1n) is 4.86. The molecule has 7 heteroatoms. The maximum absolute atomic E-state index is 6.04. The van der Waals surface area contributed by atoms with Crippen LogP contribution in [0.15, 0.2) is 24.3 Å². The smallest absolute Gasteiger partial charge is 0.167 e. The molecular weight excluding hydrogens is 373 g/mol. The highest BCUT2D eigenvalue weighted by Gasteiger charge is 2.17. The first-order valence-corrected chi connectivity index (χ1v) is 7.13. The van der Waals surface area contributed by atoms with E-state index >= 15 is 0 Å². The Labute approximate surface area is 139 Å². The Balaban J connectivity index is 2.52. The van der Waals surface area contributed by atoms with Crippen LogP contribution in [0.2, 0.25) is 30.1 Å². The molecule has 0 bridgehead atoms. The maximum atomic E-state index is 6.04. The topological polar surface area (TPSA) is 9.23 Å². The highest BCUT2D eigenvalue weighted by Crippen LogP contribution is 2.45. The van der Waals surface area contributed by atoms with E-state index in [2.05, 4.69) is 0 Å². The highest BCUT2D eigenvalue weighted by atomic mass is 35.5. The molecule has 0 spiro atoms. The van der Waals surface area contributed by atoms with Gasteiger partial charge in [-0.15, -0.1) is 0 Å². The Morgan fingerprint density at radius 1 is 0.684 bits per heavy atom. The summed E-state index contributed by atoms with van der Waals surface area (Å²) in [4.78, 5) is 0. The summed E-state index contributed by atoms with van der Waals surface area (Å²) in [7, 11) is 0. The van der Waals surface area contributed by atoms with Crippen LogP contribution in [0.3, 0.4) is 0 Å². The molecule has 0 aromatic heterocycles. The summed E-state index contributed by atoms with van der Waals surface area (Å²) >= 11 is 35.8. The van der Waals surface area contributed by atoms with Gasteiger partial charge in [0, 0.05) is 11.1 Å². The monoisotopic (exact) mass is 374 g/mol. The highest BCUT2D eigenvalue weighted by molar-refractivity contribution is 6.48. The second-order valence-corrected chi connectivity index (χ2v) is 5.89. The molecule has 0 amide bonds. The predicted octanol–water partition coefficient (Wildman–Crippen LogP) is 7.40. The van der Waals surface area contributed by atoms with Crippen LogP contribution in [0.4, 0.5) is 0 Å². The van der Waals surface area contributed by atoms with Crippen molar-refractivity contribution in [2.75, 3.05) is 0 Å². The molecule has 0 radical (unpaired) electrons. The van der Waals surface area contributed by atoms with Crippen molar-refractivity contribution in [2.45, 2.75) is 0 Å². The Morgan fingerprint density at radius 2 is 1.26 bits per heavy atom. The van der Waals surface area contributed by atoms with Crippen molar-refractivity contribution in [3.8, 4) is 11.5 Å². The lowest BCUT2D eigenvalue weighted by atomic mass is 10.3. The minimum Gasteiger partial charge on any atom is -0.452 e. The van der Waals surface area contributed by atoms with Gasteiger partial charge in [-0.3, -0.25) is 0 Å². The molecule has 0 aliphatic heterocycles. The van der Waals surface area contributed by atoms with Gasteiger partial charge in [-0.2, -0.15) is 0 Å². The summed E-state index contributed by atoms with van der Waals surface area (Å²) in [6.45, 7) is 0. The Bertz CT molecular complexity index is 614. The molecule has 19 heavy (non-hydrogen) atoms. The molecule has 0 aliphatic carbocycles. The van der Waals surface area contributed by atoms with Gasteiger partial charge in [-0.25, -0.2) is 0 Å². The minimum atomic E-state index is 0.130. The molecule has 2 aromatic rings. The van der Waals surface area contributed by atoms with Crippen LogP contribution in [0.1, 0.15) is 0 Å². The van der Waals surface area contributed by atoms with E-state index in [1.807, 2.05) is 0 Å². The van der Waals surface area contributed by atoms with E-state index in [1.165, 1.54) is 12.1 Å². The van der Waals surface area contributed by atoms with Crippen LogP contribution in [-0.2, 0) is 0 Å². The first kappa shape index (κ1) is 15.4. The van der Waals surface area contributed by atoms with Crippen molar-refractivity contribution >= 4 is 69.6 Å². The lowest BCUT2D eigenvalue weighted by Crippen LogP contribution is -1.89. The van der Waals surface area contributed by atoms with Gasteiger partial charge in [-0.1, -0.05) is 69.6 Å². The summed E-state index contributed by atoms with van der Waals surface area (Å²) < 4.78 is 5.56. The summed E-state index contributed by atoms with van der Waals surface area (Å²) in [5.74, 6) is 0.432. The fourth-order valence-corrected chi connectivity index (χ4v) is 2.49. The average molecular weight is 377 g/mol. The fraction of sp³-hybridized carbons (Fsp3) is 0. The number of ether oxygens (including phenoxy) is 1. The lowest BCUT2D eigenvalue weighted by molar-refractivity contribution is 0.483. The van der Waals surface area contributed by atoms with E-state index in [0.717, 1.165) is 0 Å². The zero-order chi connectivity index (χ0) is 14.2. The van der Waals surface area contributed by atoms with Gasteiger partial charge in [0.15, 0.2) is 5.75 Å². The Kier molecular flexibility index (Phi) is 4.99. The number of hydrogen-bond donors (Lipinski definition) is 0.